The van der Waals surface area contributed by atoms with Crippen molar-refractivity contribution in [2.75, 3.05) is 18.4 Å². The van der Waals surface area contributed by atoms with Gasteiger partial charge in [0.1, 0.15) is 5.78 Å². The van der Waals surface area contributed by atoms with Crippen LogP contribution in [0.4, 0.5) is 5.95 Å². The zero-order chi connectivity index (χ0) is 21.1. The van der Waals surface area contributed by atoms with Crippen LogP contribution >= 0.6 is 11.6 Å². The number of nitrogens with one attached hydrogen (secondary N) is 1. The van der Waals surface area contributed by atoms with Gasteiger partial charge < -0.3 is 10.2 Å². The molecule has 0 radical (unpaired) electrons. The van der Waals surface area contributed by atoms with Crippen molar-refractivity contribution in [3.63, 3.8) is 0 Å². The number of hydrogen-bond donors (Lipinski definition) is 1. The Kier molecular flexibility index (Phi) is 5.95. The number of carbonyl (C=O) groups is 2. The number of carbonyl (C=O) groups excluding carboxylic acids is 2. The summed E-state index contributed by atoms with van der Waals surface area (Å²) in [6.07, 6.45) is 3.53. The predicted molar refractivity (Wildman–Crippen MR) is 118 cm³/mol. The molecule has 30 heavy (non-hydrogen) atoms. The summed E-state index contributed by atoms with van der Waals surface area (Å²) in [5, 5.41) is 4.89. The van der Waals surface area contributed by atoms with Crippen LogP contribution in [-0.2, 0) is 11.2 Å². The summed E-state index contributed by atoms with van der Waals surface area (Å²) in [5.74, 6) is 0.730. The van der Waals surface area contributed by atoms with E-state index < -0.39 is 0 Å². The Morgan fingerprint density at radius 1 is 1.20 bits per heavy atom. The Morgan fingerprint density at radius 2 is 2.00 bits per heavy atom. The smallest absolute Gasteiger partial charge is 0.253 e. The minimum atomic E-state index is -0.00104. The molecule has 0 saturated carbocycles. The van der Waals surface area contributed by atoms with Crippen LogP contribution in [0.5, 0.6) is 0 Å². The lowest BCUT2D eigenvalue weighted by Crippen LogP contribution is -2.31. The lowest BCUT2D eigenvalue weighted by atomic mass is 10.1. The number of benzene rings is 2. The van der Waals surface area contributed by atoms with Crippen molar-refractivity contribution >= 4 is 40.1 Å². The van der Waals surface area contributed by atoms with E-state index in [1.165, 1.54) is 0 Å². The Hall–Kier alpha value is -2.99. The zero-order valence-corrected chi connectivity index (χ0v) is 17.5. The molecule has 1 aliphatic heterocycles. The molecule has 3 aromatic rings. The number of anilines is 1. The van der Waals surface area contributed by atoms with Gasteiger partial charge in [0.05, 0.1) is 5.52 Å². The van der Waals surface area contributed by atoms with E-state index in [0.29, 0.717) is 42.5 Å². The van der Waals surface area contributed by atoms with E-state index >= 15 is 0 Å². The molecular formula is C23H23ClN4O2. The van der Waals surface area contributed by atoms with Crippen molar-refractivity contribution in [2.45, 2.75) is 32.2 Å². The monoisotopic (exact) mass is 422 g/mol. The maximum Gasteiger partial charge on any atom is 0.253 e. The molecule has 7 heteroatoms. The van der Waals surface area contributed by atoms with Crippen molar-refractivity contribution in [1.82, 2.24) is 14.9 Å². The van der Waals surface area contributed by atoms with Crippen LogP contribution in [0.25, 0.3) is 10.9 Å². The van der Waals surface area contributed by atoms with Crippen LogP contribution in [-0.4, -0.2) is 45.7 Å². The summed E-state index contributed by atoms with van der Waals surface area (Å²) in [6.45, 7) is 3.12. The molecule has 154 valence electrons. The maximum absolute atomic E-state index is 12.8. The van der Waals surface area contributed by atoms with E-state index in [1.807, 2.05) is 42.2 Å². The van der Waals surface area contributed by atoms with Gasteiger partial charge >= 0.3 is 0 Å². The summed E-state index contributed by atoms with van der Waals surface area (Å²) in [4.78, 5) is 35.2. The van der Waals surface area contributed by atoms with E-state index in [9.17, 15) is 9.59 Å². The molecule has 2 aromatic carbocycles. The standard InChI is InChI=1S/C23H23ClN4O2/c1-2-20(29)11-15-3-5-16(6-4-15)22(30)28-10-9-19(14-28)26-23-25-13-17-7-8-18(24)12-21(17)27-23/h3-8,12-13,19H,2,9-11,14H2,1H3,(H,25,26,27)/t19-/m1/s1. The van der Waals surface area contributed by atoms with E-state index in [1.54, 1.807) is 18.3 Å². The quantitative estimate of drug-likeness (QED) is 0.646. The van der Waals surface area contributed by atoms with Gasteiger partial charge in [-0.3, -0.25) is 9.59 Å². The van der Waals surface area contributed by atoms with Gasteiger partial charge in [-0.2, -0.15) is 0 Å². The number of amides is 1. The fourth-order valence-corrected chi connectivity index (χ4v) is 3.78. The van der Waals surface area contributed by atoms with Gasteiger partial charge in [0.2, 0.25) is 5.95 Å². The minimum absolute atomic E-state index is 0.00104. The van der Waals surface area contributed by atoms with Gasteiger partial charge in [0.25, 0.3) is 5.91 Å². The lowest BCUT2D eigenvalue weighted by molar-refractivity contribution is -0.118. The molecule has 1 aromatic heterocycles. The van der Waals surface area contributed by atoms with Crippen molar-refractivity contribution in [1.29, 1.82) is 0 Å². The topological polar surface area (TPSA) is 75.2 Å². The molecule has 0 aliphatic carbocycles. The zero-order valence-electron chi connectivity index (χ0n) is 16.8. The number of likely N-dealkylation sites (tertiary alicyclic amines) is 1. The van der Waals surface area contributed by atoms with Crippen molar-refractivity contribution in [3.8, 4) is 0 Å². The summed E-state index contributed by atoms with van der Waals surface area (Å²) >= 11 is 6.05. The van der Waals surface area contributed by atoms with Crippen LogP contribution in [0.1, 0.15) is 35.7 Å². The number of halogens is 1. The highest BCUT2D eigenvalue weighted by Crippen LogP contribution is 2.20. The Bertz CT molecular complexity index is 1080. The third-order valence-corrected chi connectivity index (χ3v) is 5.59. The average Bonchev–Trinajstić information content (AvgIpc) is 3.22. The highest BCUT2D eigenvalue weighted by Gasteiger charge is 2.27. The van der Waals surface area contributed by atoms with Crippen LogP contribution in [0.15, 0.2) is 48.7 Å². The molecule has 0 unspecified atom stereocenters. The molecular weight excluding hydrogens is 400 g/mol. The fourth-order valence-electron chi connectivity index (χ4n) is 3.61. The molecule has 1 amide bonds. The predicted octanol–water partition coefficient (Wildman–Crippen LogP) is 4.13. The maximum atomic E-state index is 12.8. The van der Waals surface area contributed by atoms with Crippen molar-refractivity contribution < 1.29 is 9.59 Å². The SMILES string of the molecule is CCC(=O)Cc1ccc(C(=O)N2CC[C@@H](Nc3ncc4ccc(Cl)cc4n3)C2)cc1. The van der Waals surface area contributed by atoms with E-state index in [0.717, 1.165) is 22.9 Å². The summed E-state index contributed by atoms with van der Waals surface area (Å²) in [5.41, 5.74) is 2.36. The van der Waals surface area contributed by atoms with Crippen LogP contribution < -0.4 is 5.32 Å². The molecule has 1 aliphatic rings. The third kappa shape index (κ3) is 4.60. The number of rotatable bonds is 6. The van der Waals surface area contributed by atoms with Gasteiger partial charge in [-0.05, 0) is 42.3 Å². The summed E-state index contributed by atoms with van der Waals surface area (Å²) in [6, 6.07) is 12.9. The van der Waals surface area contributed by atoms with Crippen molar-refractivity contribution in [3.05, 3.63) is 64.8 Å². The number of nitrogens with zero attached hydrogens (tertiary/aromatic N) is 3. The molecule has 6 nitrogen and oxygen atoms in total. The van der Waals surface area contributed by atoms with Crippen LogP contribution in [0.2, 0.25) is 5.02 Å². The van der Waals surface area contributed by atoms with Gasteiger partial charge in [-0.1, -0.05) is 30.7 Å². The Morgan fingerprint density at radius 3 is 2.77 bits per heavy atom. The number of Topliss-reactive ketones (excluding diaryl/α,β-unsaturated/α-hetero) is 1. The first-order valence-electron chi connectivity index (χ1n) is 10.1. The summed E-state index contributed by atoms with van der Waals surface area (Å²) in [7, 11) is 0. The van der Waals surface area contributed by atoms with Crippen LogP contribution in [0, 0.1) is 0 Å². The second kappa shape index (κ2) is 8.79. The molecule has 1 saturated heterocycles. The van der Waals surface area contributed by atoms with Gasteiger partial charge in [-0.15, -0.1) is 0 Å². The van der Waals surface area contributed by atoms with Gasteiger partial charge in [-0.25, -0.2) is 9.97 Å². The van der Waals surface area contributed by atoms with E-state index in [4.69, 9.17) is 11.6 Å². The minimum Gasteiger partial charge on any atom is -0.350 e. The number of fused-ring (bicyclic) bond motifs is 1. The second-order valence-corrected chi connectivity index (χ2v) is 7.98. The van der Waals surface area contributed by atoms with Crippen molar-refractivity contribution in [2.24, 2.45) is 0 Å². The Balaban J connectivity index is 1.38. The first-order valence-corrected chi connectivity index (χ1v) is 10.5. The van der Waals surface area contributed by atoms with Gasteiger partial charge in [0, 0.05) is 54.1 Å². The fraction of sp³-hybridized carbons (Fsp3) is 0.304. The first-order chi connectivity index (χ1) is 14.5. The normalized spacial score (nSPS) is 16.1. The second-order valence-electron chi connectivity index (χ2n) is 7.54. The molecule has 2 heterocycles. The van der Waals surface area contributed by atoms with E-state index in [2.05, 4.69) is 15.3 Å². The Labute approximate surface area is 180 Å². The molecule has 0 bridgehead atoms. The van der Waals surface area contributed by atoms with Gasteiger partial charge in [0.15, 0.2) is 0 Å². The molecule has 4 rings (SSSR count). The molecule has 1 atom stereocenters. The van der Waals surface area contributed by atoms with Crippen LogP contribution in [0.3, 0.4) is 0 Å². The molecule has 1 fully saturated rings. The van der Waals surface area contributed by atoms with E-state index in [-0.39, 0.29) is 17.7 Å². The molecule has 0 spiro atoms. The highest BCUT2D eigenvalue weighted by atomic mass is 35.5. The third-order valence-electron chi connectivity index (χ3n) is 5.35. The summed E-state index contributed by atoms with van der Waals surface area (Å²) < 4.78 is 0. The highest BCUT2D eigenvalue weighted by molar-refractivity contribution is 6.31. The first kappa shape index (κ1) is 20.3. The lowest BCUT2D eigenvalue weighted by Gasteiger charge is -2.17. The molecule has 1 N–H and O–H groups in total. The number of ketones is 1. The largest absolute Gasteiger partial charge is 0.350 e. The number of hydrogen-bond acceptors (Lipinski definition) is 5. The average molecular weight is 423 g/mol. The number of aromatic nitrogens is 2.